The van der Waals surface area contributed by atoms with E-state index in [1.54, 1.807) is 4.90 Å². The highest BCUT2D eigenvalue weighted by Gasteiger charge is 2.38. The van der Waals surface area contributed by atoms with Gasteiger partial charge in [-0.25, -0.2) is 9.38 Å². The summed E-state index contributed by atoms with van der Waals surface area (Å²) in [4.78, 5) is 31.6. The van der Waals surface area contributed by atoms with Gasteiger partial charge in [0.2, 0.25) is 11.8 Å². The van der Waals surface area contributed by atoms with Crippen LogP contribution in [0.4, 0.5) is 15.8 Å². The molecule has 1 saturated heterocycles. The van der Waals surface area contributed by atoms with E-state index < -0.39 is 5.25 Å². The van der Waals surface area contributed by atoms with Crippen LogP contribution in [-0.2, 0) is 9.59 Å². The van der Waals surface area contributed by atoms with Gasteiger partial charge in [0.15, 0.2) is 5.17 Å². The predicted octanol–water partition coefficient (Wildman–Crippen LogP) is 4.81. The molecule has 3 rings (SSSR count). The molecule has 5 nitrogen and oxygen atoms in total. The summed E-state index contributed by atoms with van der Waals surface area (Å²) in [6, 6.07) is 11.5. The Morgan fingerprint density at radius 3 is 2.59 bits per heavy atom. The van der Waals surface area contributed by atoms with Crippen LogP contribution in [0.25, 0.3) is 0 Å². The Morgan fingerprint density at radius 2 is 1.93 bits per heavy atom. The third kappa shape index (κ3) is 5.23. The number of hydrogen-bond donors (Lipinski definition) is 1. The number of aryl methyl sites for hydroxylation is 2. The summed E-state index contributed by atoms with van der Waals surface area (Å²) in [5.74, 6) is -0.756. The van der Waals surface area contributed by atoms with Gasteiger partial charge in [-0.05, 0) is 56.2 Å². The van der Waals surface area contributed by atoms with Gasteiger partial charge in [0, 0.05) is 18.7 Å². The summed E-state index contributed by atoms with van der Waals surface area (Å²) in [7, 11) is 0. The first-order valence-electron chi connectivity index (χ1n) is 9.56. The zero-order chi connectivity index (χ0) is 21.0. The third-order valence-electron chi connectivity index (χ3n) is 4.53. The Labute approximate surface area is 174 Å². The number of amides is 2. The van der Waals surface area contributed by atoms with Crippen molar-refractivity contribution in [1.82, 2.24) is 4.90 Å². The molecule has 2 aromatic carbocycles. The van der Waals surface area contributed by atoms with Gasteiger partial charge in [-0.2, -0.15) is 0 Å². The summed E-state index contributed by atoms with van der Waals surface area (Å²) in [6.07, 6.45) is 0.833. The molecule has 1 aliphatic heterocycles. The Kier molecular flexibility index (Phi) is 6.69. The van der Waals surface area contributed by atoms with E-state index >= 15 is 0 Å². The Balaban J connectivity index is 1.75. The summed E-state index contributed by atoms with van der Waals surface area (Å²) in [6.45, 7) is 6.58. The average molecular weight is 414 g/mol. The Bertz CT molecular complexity index is 944. The van der Waals surface area contributed by atoms with Crippen molar-refractivity contribution in [2.24, 2.45) is 4.99 Å². The van der Waals surface area contributed by atoms with Crippen LogP contribution in [0, 0.1) is 19.7 Å². The number of nitrogens with zero attached hydrogens (tertiary/aromatic N) is 2. The third-order valence-corrected chi connectivity index (χ3v) is 5.71. The van der Waals surface area contributed by atoms with Crippen molar-refractivity contribution in [3.8, 4) is 0 Å². The number of aliphatic imine (C=N–C) groups is 1. The van der Waals surface area contributed by atoms with Crippen LogP contribution in [0.2, 0.25) is 0 Å². The first-order valence-corrected chi connectivity index (χ1v) is 10.4. The second-order valence-corrected chi connectivity index (χ2v) is 8.21. The molecule has 7 heteroatoms. The van der Waals surface area contributed by atoms with Crippen LogP contribution in [-0.4, -0.2) is 33.7 Å². The van der Waals surface area contributed by atoms with E-state index in [1.807, 2.05) is 32.9 Å². The largest absolute Gasteiger partial charge is 0.326 e. The number of amidine groups is 1. The van der Waals surface area contributed by atoms with E-state index in [0.717, 1.165) is 23.2 Å². The molecular weight excluding hydrogens is 389 g/mol. The monoisotopic (exact) mass is 413 g/mol. The fraction of sp³-hybridized carbons (Fsp3) is 0.318. The second-order valence-electron chi connectivity index (χ2n) is 7.04. The van der Waals surface area contributed by atoms with E-state index in [1.165, 1.54) is 36.0 Å². The van der Waals surface area contributed by atoms with E-state index in [9.17, 15) is 14.0 Å². The van der Waals surface area contributed by atoms with Gasteiger partial charge in [-0.3, -0.25) is 14.5 Å². The van der Waals surface area contributed by atoms with Gasteiger partial charge < -0.3 is 5.32 Å². The van der Waals surface area contributed by atoms with Crippen LogP contribution < -0.4 is 5.32 Å². The van der Waals surface area contributed by atoms with E-state index in [-0.39, 0.29) is 24.1 Å². The lowest BCUT2D eigenvalue weighted by Gasteiger charge is -2.15. The minimum absolute atomic E-state index is 0.0347. The van der Waals surface area contributed by atoms with Gasteiger partial charge in [0.1, 0.15) is 11.1 Å². The molecular formula is C22H24FN3O2S. The molecule has 1 heterocycles. The molecule has 2 amide bonds. The zero-order valence-electron chi connectivity index (χ0n) is 16.7. The number of nitrogens with one attached hydrogen (secondary N) is 1. The lowest BCUT2D eigenvalue weighted by molar-refractivity contribution is -0.128. The van der Waals surface area contributed by atoms with Gasteiger partial charge in [0.05, 0.1) is 5.69 Å². The van der Waals surface area contributed by atoms with Crippen molar-refractivity contribution < 1.29 is 14.0 Å². The number of hydrogen-bond acceptors (Lipinski definition) is 4. The number of rotatable bonds is 6. The molecule has 2 aromatic rings. The average Bonchev–Trinajstić information content (AvgIpc) is 2.95. The number of thioether (sulfide) groups is 1. The number of halogens is 1. The molecule has 0 radical (unpaired) electrons. The maximum Gasteiger partial charge on any atom is 0.242 e. The first kappa shape index (κ1) is 21.0. The summed E-state index contributed by atoms with van der Waals surface area (Å²) in [5.41, 5.74) is 3.52. The molecule has 0 spiro atoms. The standard InChI is InChI=1S/C22H24FN3O2S/c1-4-11-26-21(28)19(13-20(27)24-17-8-6-16(23)7-9-17)29-22(26)25-18-10-5-14(2)12-15(18)3/h5-10,12,19H,4,11,13H2,1-3H3,(H,24,27)/t19-/m0/s1. The zero-order valence-corrected chi connectivity index (χ0v) is 17.6. The normalized spacial score (nSPS) is 17.8. The minimum Gasteiger partial charge on any atom is -0.326 e. The quantitative estimate of drug-likeness (QED) is 0.739. The van der Waals surface area contributed by atoms with Crippen molar-refractivity contribution in [1.29, 1.82) is 0 Å². The maximum atomic E-state index is 13.0. The van der Waals surface area contributed by atoms with Gasteiger partial charge in [0.25, 0.3) is 0 Å². The van der Waals surface area contributed by atoms with Crippen LogP contribution in [0.5, 0.6) is 0 Å². The van der Waals surface area contributed by atoms with E-state index in [2.05, 4.69) is 11.4 Å². The lowest BCUT2D eigenvalue weighted by atomic mass is 10.1. The molecule has 29 heavy (non-hydrogen) atoms. The molecule has 0 saturated carbocycles. The molecule has 1 fully saturated rings. The molecule has 0 bridgehead atoms. The molecule has 152 valence electrons. The second kappa shape index (κ2) is 9.22. The summed E-state index contributed by atoms with van der Waals surface area (Å²) in [5, 5.41) is 2.82. The molecule has 1 N–H and O–H groups in total. The Morgan fingerprint density at radius 1 is 1.21 bits per heavy atom. The van der Waals surface area contributed by atoms with Crippen LogP contribution >= 0.6 is 11.8 Å². The van der Waals surface area contributed by atoms with E-state index in [0.29, 0.717) is 17.4 Å². The molecule has 0 unspecified atom stereocenters. The SMILES string of the molecule is CCCN1C(=O)[C@H](CC(=O)Nc2ccc(F)cc2)SC1=Nc1ccc(C)cc1C. The van der Waals surface area contributed by atoms with Crippen LogP contribution in [0.15, 0.2) is 47.5 Å². The highest BCUT2D eigenvalue weighted by atomic mass is 32.2. The first-order chi connectivity index (χ1) is 13.9. The fourth-order valence-electron chi connectivity index (χ4n) is 3.10. The van der Waals surface area contributed by atoms with Crippen molar-refractivity contribution in [2.45, 2.75) is 38.9 Å². The molecule has 0 aliphatic carbocycles. The van der Waals surface area contributed by atoms with Gasteiger partial charge >= 0.3 is 0 Å². The highest BCUT2D eigenvalue weighted by Crippen LogP contribution is 2.33. The van der Waals surface area contributed by atoms with Crippen molar-refractivity contribution in [3.63, 3.8) is 0 Å². The maximum absolute atomic E-state index is 13.0. The van der Waals surface area contributed by atoms with Gasteiger partial charge in [-0.1, -0.05) is 36.4 Å². The number of carbonyl (C=O) groups excluding carboxylic acids is 2. The highest BCUT2D eigenvalue weighted by molar-refractivity contribution is 8.15. The Hall–Kier alpha value is -2.67. The topological polar surface area (TPSA) is 61.8 Å². The molecule has 0 aromatic heterocycles. The lowest BCUT2D eigenvalue weighted by Crippen LogP contribution is -2.34. The summed E-state index contributed by atoms with van der Waals surface area (Å²) < 4.78 is 13.0. The molecule has 1 aliphatic rings. The summed E-state index contributed by atoms with van der Waals surface area (Å²) >= 11 is 1.32. The smallest absolute Gasteiger partial charge is 0.242 e. The van der Waals surface area contributed by atoms with Crippen molar-refractivity contribution in [2.75, 3.05) is 11.9 Å². The van der Waals surface area contributed by atoms with Gasteiger partial charge in [-0.15, -0.1) is 0 Å². The van der Waals surface area contributed by atoms with E-state index in [4.69, 9.17) is 4.99 Å². The number of anilines is 1. The molecule has 1 atom stereocenters. The number of carbonyl (C=O) groups is 2. The van der Waals surface area contributed by atoms with Crippen molar-refractivity contribution in [3.05, 3.63) is 59.4 Å². The minimum atomic E-state index is -0.522. The van der Waals surface area contributed by atoms with Crippen molar-refractivity contribution >= 4 is 40.1 Å². The predicted molar refractivity (Wildman–Crippen MR) is 116 cm³/mol. The fourth-order valence-corrected chi connectivity index (χ4v) is 4.28. The van der Waals surface area contributed by atoms with Crippen LogP contribution in [0.1, 0.15) is 30.9 Å². The number of benzene rings is 2. The van der Waals surface area contributed by atoms with Crippen LogP contribution in [0.3, 0.4) is 0 Å².